The monoisotopic (exact) mass is 550 g/mol. The van der Waals surface area contributed by atoms with Crippen molar-refractivity contribution in [1.29, 1.82) is 5.26 Å². The van der Waals surface area contributed by atoms with Crippen LogP contribution < -0.4 is 13.8 Å². The number of aryl methyl sites for hydroxylation is 1. The fourth-order valence-electron chi connectivity index (χ4n) is 4.13. The standard InChI is InChI=1S/C28H30N4O6S/c1-4-31-19-26(28(30-31)37-5-2)39(34,35)32-18-23(13-15-27(33)36-3)38-25-14-12-21(16-24(25)32)9-6-20-7-10-22(17-29)11-8-20/h6-12,14,16,19,23H,4-5,13,15,18H2,1-3H3/b9-6+/t23-/m0/s1. The molecule has 0 saturated carbocycles. The van der Waals surface area contributed by atoms with Crippen LogP contribution in [0.1, 0.15) is 43.4 Å². The lowest BCUT2D eigenvalue weighted by Crippen LogP contribution is -2.43. The first-order valence-corrected chi connectivity index (χ1v) is 14.0. The van der Waals surface area contributed by atoms with Crippen molar-refractivity contribution in [1.82, 2.24) is 9.78 Å². The third-order valence-corrected chi connectivity index (χ3v) is 7.95. The molecule has 0 saturated heterocycles. The van der Waals surface area contributed by atoms with Crippen LogP contribution in [0.2, 0.25) is 0 Å². The number of carbonyl (C=O) groups is 1. The lowest BCUT2D eigenvalue weighted by molar-refractivity contribution is -0.141. The molecular formula is C28H30N4O6S. The Balaban J connectivity index is 1.73. The van der Waals surface area contributed by atoms with Crippen LogP contribution >= 0.6 is 0 Å². The number of benzene rings is 2. The van der Waals surface area contributed by atoms with Gasteiger partial charge >= 0.3 is 5.97 Å². The maximum absolute atomic E-state index is 14.1. The molecule has 0 aliphatic carbocycles. The average molecular weight is 551 g/mol. The number of aromatic nitrogens is 2. The highest BCUT2D eigenvalue weighted by Crippen LogP contribution is 2.40. The largest absolute Gasteiger partial charge is 0.486 e. The van der Waals surface area contributed by atoms with E-state index in [4.69, 9.17) is 19.5 Å². The van der Waals surface area contributed by atoms with E-state index in [1.807, 2.05) is 37.3 Å². The van der Waals surface area contributed by atoms with Crippen molar-refractivity contribution in [3.8, 4) is 17.7 Å². The number of hydrogen-bond acceptors (Lipinski definition) is 8. The summed E-state index contributed by atoms with van der Waals surface area (Å²) in [6, 6.07) is 14.5. The van der Waals surface area contributed by atoms with Crippen molar-refractivity contribution in [3.63, 3.8) is 0 Å². The highest BCUT2D eigenvalue weighted by atomic mass is 32.2. The maximum atomic E-state index is 14.1. The van der Waals surface area contributed by atoms with Crippen LogP contribution in [-0.2, 0) is 26.1 Å². The summed E-state index contributed by atoms with van der Waals surface area (Å²) in [7, 11) is -2.80. The number of methoxy groups -OCH3 is 1. The molecule has 0 N–H and O–H groups in total. The molecule has 0 amide bonds. The van der Waals surface area contributed by atoms with Crippen molar-refractivity contribution >= 4 is 33.8 Å². The highest BCUT2D eigenvalue weighted by molar-refractivity contribution is 7.93. The molecule has 204 valence electrons. The molecule has 0 radical (unpaired) electrons. The summed E-state index contributed by atoms with van der Waals surface area (Å²) < 4.78 is 47.4. The number of hydrogen-bond donors (Lipinski definition) is 0. The van der Waals surface area contributed by atoms with Gasteiger partial charge in [0.25, 0.3) is 15.9 Å². The third kappa shape index (κ3) is 6.23. The molecule has 3 aromatic rings. The van der Waals surface area contributed by atoms with Crippen LogP contribution in [0.25, 0.3) is 12.2 Å². The van der Waals surface area contributed by atoms with Gasteiger partial charge in [-0.2, -0.15) is 5.26 Å². The van der Waals surface area contributed by atoms with Gasteiger partial charge < -0.3 is 14.2 Å². The molecule has 2 heterocycles. The summed E-state index contributed by atoms with van der Waals surface area (Å²) in [6.45, 7) is 4.35. The van der Waals surface area contributed by atoms with Crippen LogP contribution in [0.4, 0.5) is 5.69 Å². The Morgan fingerprint density at radius 1 is 1.18 bits per heavy atom. The van der Waals surface area contributed by atoms with Gasteiger partial charge in [0, 0.05) is 19.2 Å². The zero-order valence-corrected chi connectivity index (χ0v) is 22.8. The first-order valence-electron chi connectivity index (χ1n) is 12.6. The minimum atomic E-state index is -4.11. The van der Waals surface area contributed by atoms with Crippen molar-refractivity contribution in [2.24, 2.45) is 0 Å². The average Bonchev–Trinajstić information content (AvgIpc) is 3.38. The topological polar surface area (TPSA) is 124 Å². The van der Waals surface area contributed by atoms with Gasteiger partial charge in [0.2, 0.25) is 0 Å². The third-order valence-electron chi connectivity index (χ3n) is 6.19. The molecule has 1 aromatic heterocycles. The minimum absolute atomic E-state index is 0.00200. The summed E-state index contributed by atoms with van der Waals surface area (Å²) in [4.78, 5) is 11.7. The lowest BCUT2D eigenvalue weighted by atomic mass is 10.1. The van der Waals surface area contributed by atoms with Crippen LogP contribution in [0, 0.1) is 11.3 Å². The number of fused-ring (bicyclic) bond motifs is 1. The molecule has 2 aromatic carbocycles. The SMILES string of the molecule is CCOc1nn(CC)cc1S(=O)(=O)N1C[C@H](CCC(=O)OC)Oc2ccc(/C=C/c3ccc(C#N)cc3)cc21. The van der Waals surface area contributed by atoms with Crippen molar-refractivity contribution in [2.45, 2.75) is 44.2 Å². The van der Waals surface area contributed by atoms with Gasteiger partial charge in [-0.05, 0) is 55.7 Å². The molecule has 0 unspecified atom stereocenters. The quantitative estimate of drug-likeness (QED) is 0.271. The second kappa shape index (κ2) is 12.0. The Bertz CT molecular complexity index is 1510. The number of sulfonamides is 1. The van der Waals surface area contributed by atoms with Crippen LogP contribution in [0.5, 0.6) is 11.6 Å². The Hall–Kier alpha value is -4.30. The van der Waals surface area contributed by atoms with E-state index in [0.29, 0.717) is 23.5 Å². The number of nitrogens with zero attached hydrogens (tertiary/aromatic N) is 4. The summed E-state index contributed by atoms with van der Waals surface area (Å²) >= 11 is 0. The predicted molar refractivity (Wildman–Crippen MR) is 146 cm³/mol. The van der Waals surface area contributed by atoms with E-state index in [2.05, 4.69) is 11.2 Å². The summed E-state index contributed by atoms with van der Waals surface area (Å²) in [5.41, 5.74) is 2.59. The number of anilines is 1. The number of ether oxygens (including phenoxy) is 3. The molecule has 1 aliphatic heterocycles. The molecule has 39 heavy (non-hydrogen) atoms. The zero-order chi connectivity index (χ0) is 28.0. The maximum Gasteiger partial charge on any atom is 0.305 e. The molecule has 1 atom stereocenters. The van der Waals surface area contributed by atoms with Gasteiger partial charge in [-0.15, -0.1) is 5.10 Å². The minimum Gasteiger partial charge on any atom is -0.486 e. The van der Waals surface area contributed by atoms with Crippen LogP contribution in [0.3, 0.4) is 0 Å². The van der Waals surface area contributed by atoms with E-state index in [1.54, 1.807) is 31.2 Å². The van der Waals surface area contributed by atoms with Gasteiger partial charge in [0.1, 0.15) is 11.9 Å². The fraction of sp³-hybridized carbons (Fsp3) is 0.321. The van der Waals surface area contributed by atoms with Crippen LogP contribution in [0.15, 0.2) is 53.6 Å². The van der Waals surface area contributed by atoms with Gasteiger partial charge in [-0.25, -0.2) is 8.42 Å². The second-order valence-electron chi connectivity index (χ2n) is 8.77. The van der Waals surface area contributed by atoms with Gasteiger partial charge in [-0.3, -0.25) is 13.8 Å². The normalized spacial score (nSPS) is 14.9. The van der Waals surface area contributed by atoms with Gasteiger partial charge in [0.15, 0.2) is 4.90 Å². The Labute approximate surface area is 228 Å². The molecule has 0 bridgehead atoms. The van der Waals surface area contributed by atoms with E-state index in [9.17, 15) is 13.2 Å². The molecule has 0 spiro atoms. The Kier molecular flexibility index (Phi) is 8.56. The lowest BCUT2D eigenvalue weighted by Gasteiger charge is -2.35. The Morgan fingerprint density at radius 3 is 2.56 bits per heavy atom. The summed E-state index contributed by atoms with van der Waals surface area (Å²) in [6.07, 6.45) is 5.01. The number of esters is 1. The van der Waals surface area contributed by atoms with E-state index >= 15 is 0 Å². The fourth-order valence-corrected chi connectivity index (χ4v) is 5.71. The summed E-state index contributed by atoms with van der Waals surface area (Å²) in [5.74, 6) is 0.0244. The van der Waals surface area contributed by atoms with E-state index in [-0.39, 0.29) is 36.8 Å². The zero-order valence-electron chi connectivity index (χ0n) is 22.0. The number of nitriles is 1. The molecule has 10 nitrogen and oxygen atoms in total. The summed E-state index contributed by atoms with van der Waals surface area (Å²) in [5, 5.41) is 13.3. The Morgan fingerprint density at radius 2 is 1.90 bits per heavy atom. The van der Waals surface area contributed by atoms with Crippen molar-refractivity contribution in [3.05, 3.63) is 65.4 Å². The first kappa shape index (κ1) is 27.7. The van der Waals surface area contributed by atoms with Crippen molar-refractivity contribution < 1.29 is 27.4 Å². The molecule has 11 heteroatoms. The predicted octanol–water partition coefficient (Wildman–Crippen LogP) is 4.25. The smallest absolute Gasteiger partial charge is 0.305 e. The molecule has 0 fully saturated rings. The van der Waals surface area contributed by atoms with E-state index in [1.165, 1.54) is 22.3 Å². The van der Waals surface area contributed by atoms with E-state index < -0.39 is 22.1 Å². The van der Waals surface area contributed by atoms with E-state index in [0.717, 1.165) is 11.1 Å². The molecular weight excluding hydrogens is 520 g/mol. The highest BCUT2D eigenvalue weighted by Gasteiger charge is 2.37. The van der Waals surface area contributed by atoms with Gasteiger partial charge in [-0.1, -0.05) is 30.4 Å². The molecule has 4 rings (SSSR count). The van der Waals surface area contributed by atoms with Gasteiger partial charge in [0.05, 0.1) is 37.6 Å². The second-order valence-corrected chi connectivity index (χ2v) is 10.6. The number of rotatable bonds is 10. The van der Waals surface area contributed by atoms with Crippen molar-refractivity contribution in [2.75, 3.05) is 24.6 Å². The van der Waals surface area contributed by atoms with Crippen LogP contribution in [-0.4, -0.2) is 50.5 Å². The number of carbonyl (C=O) groups excluding carboxylic acids is 1. The first-order chi connectivity index (χ1) is 18.8. The molecule has 1 aliphatic rings.